The van der Waals surface area contributed by atoms with Crippen LogP contribution in [-0.4, -0.2) is 15.4 Å². The fourth-order valence-corrected chi connectivity index (χ4v) is 1.02. The second-order valence-electron chi connectivity index (χ2n) is 2.74. The third-order valence-electron chi connectivity index (χ3n) is 1.90. The molecule has 0 aliphatic rings. The van der Waals surface area contributed by atoms with Crippen molar-refractivity contribution in [2.24, 2.45) is 7.05 Å². The van der Waals surface area contributed by atoms with Crippen molar-refractivity contribution in [1.29, 1.82) is 0 Å². The molecule has 1 aromatic heterocycles. The van der Waals surface area contributed by atoms with Crippen LogP contribution in [0.5, 0.6) is 0 Å². The van der Waals surface area contributed by atoms with E-state index in [2.05, 4.69) is 0 Å². The predicted octanol–water partition coefficient (Wildman–Crippen LogP) is -0.946. The van der Waals surface area contributed by atoms with Gasteiger partial charge in [-0.1, -0.05) is 0 Å². The first kappa shape index (κ1) is 9.44. The average molecular weight is 182 g/mol. The second kappa shape index (κ2) is 3.38. The Hall–Kier alpha value is -1.65. The number of hydrogen-bond donors (Lipinski definition) is 0. The Morgan fingerprint density at radius 1 is 1.46 bits per heavy atom. The molecule has 70 valence electrons. The number of aryl methyl sites for hydroxylation is 1. The first-order valence-corrected chi connectivity index (χ1v) is 3.79. The zero-order valence-electron chi connectivity index (χ0n) is 7.48. The first-order valence-electron chi connectivity index (χ1n) is 3.79. The summed E-state index contributed by atoms with van der Waals surface area (Å²) in [6.07, 6.45) is 0.526. The van der Waals surface area contributed by atoms with Crippen LogP contribution in [0, 0.1) is 6.92 Å². The summed E-state index contributed by atoms with van der Waals surface area (Å²) in [4.78, 5) is 32.7. The van der Waals surface area contributed by atoms with Gasteiger partial charge in [0.25, 0.3) is 5.56 Å². The SMILES string of the molecule is Cc1cc(=O)n(CC=O)c(=O)n1C. The van der Waals surface area contributed by atoms with Gasteiger partial charge in [-0.3, -0.25) is 9.36 Å². The van der Waals surface area contributed by atoms with E-state index in [0.29, 0.717) is 12.0 Å². The normalized spacial score (nSPS) is 10.0. The molecule has 0 spiro atoms. The van der Waals surface area contributed by atoms with Crippen LogP contribution in [0.15, 0.2) is 15.7 Å². The van der Waals surface area contributed by atoms with Gasteiger partial charge in [0.15, 0.2) is 0 Å². The maximum Gasteiger partial charge on any atom is 0.331 e. The molecule has 0 N–H and O–H groups in total. The molecule has 1 heterocycles. The molecule has 0 saturated carbocycles. The average Bonchev–Trinajstić information content (AvgIpc) is 2.09. The molecule has 0 atom stereocenters. The number of aromatic nitrogens is 2. The van der Waals surface area contributed by atoms with Crippen molar-refractivity contribution in [2.45, 2.75) is 13.5 Å². The van der Waals surface area contributed by atoms with Gasteiger partial charge in [0.2, 0.25) is 0 Å². The maximum absolute atomic E-state index is 11.4. The molecular weight excluding hydrogens is 172 g/mol. The summed E-state index contributed by atoms with van der Waals surface area (Å²) in [6, 6.07) is 1.32. The first-order chi connectivity index (χ1) is 6.07. The van der Waals surface area contributed by atoms with Gasteiger partial charge in [-0.2, -0.15) is 0 Å². The van der Waals surface area contributed by atoms with E-state index in [1.807, 2.05) is 0 Å². The summed E-state index contributed by atoms with van der Waals surface area (Å²) in [5.41, 5.74) is -0.318. The Labute approximate surface area is 74.2 Å². The Balaban J connectivity index is 3.53. The third-order valence-corrected chi connectivity index (χ3v) is 1.90. The van der Waals surface area contributed by atoms with Crippen molar-refractivity contribution in [1.82, 2.24) is 9.13 Å². The van der Waals surface area contributed by atoms with E-state index in [0.717, 1.165) is 4.57 Å². The molecule has 1 aromatic rings. The summed E-state index contributed by atoms with van der Waals surface area (Å²) in [5, 5.41) is 0. The molecule has 0 fully saturated rings. The minimum absolute atomic E-state index is 0.189. The summed E-state index contributed by atoms with van der Waals surface area (Å²) < 4.78 is 2.21. The van der Waals surface area contributed by atoms with Gasteiger partial charge in [-0.05, 0) is 6.92 Å². The van der Waals surface area contributed by atoms with E-state index in [1.165, 1.54) is 10.6 Å². The molecule has 5 nitrogen and oxygen atoms in total. The Bertz CT molecular complexity index is 442. The summed E-state index contributed by atoms with van der Waals surface area (Å²) in [6.45, 7) is 1.47. The van der Waals surface area contributed by atoms with Crippen LogP contribution in [0.4, 0.5) is 0 Å². The number of rotatable bonds is 2. The highest BCUT2D eigenvalue weighted by Gasteiger charge is 2.04. The van der Waals surface area contributed by atoms with Crippen LogP contribution in [0.2, 0.25) is 0 Å². The molecule has 0 aliphatic carbocycles. The lowest BCUT2D eigenvalue weighted by Crippen LogP contribution is -2.39. The van der Waals surface area contributed by atoms with Crippen LogP contribution < -0.4 is 11.2 Å². The highest BCUT2D eigenvalue weighted by Crippen LogP contribution is 1.84. The topological polar surface area (TPSA) is 61.1 Å². The largest absolute Gasteiger partial charge is 0.331 e. The third kappa shape index (κ3) is 1.58. The summed E-state index contributed by atoms with van der Waals surface area (Å²) in [5.74, 6) is 0. The van der Waals surface area contributed by atoms with Crippen molar-refractivity contribution in [3.63, 3.8) is 0 Å². The molecule has 13 heavy (non-hydrogen) atoms. The van der Waals surface area contributed by atoms with Gasteiger partial charge < -0.3 is 9.36 Å². The highest BCUT2D eigenvalue weighted by molar-refractivity contribution is 5.48. The number of nitrogens with zero attached hydrogens (tertiary/aromatic N) is 2. The van der Waals surface area contributed by atoms with E-state index in [-0.39, 0.29) is 6.54 Å². The monoisotopic (exact) mass is 182 g/mol. The van der Waals surface area contributed by atoms with Gasteiger partial charge >= 0.3 is 5.69 Å². The molecule has 1 rings (SSSR count). The lowest BCUT2D eigenvalue weighted by Gasteiger charge is -2.05. The molecule has 0 radical (unpaired) electrons. The fourth-order valence-electron chi connectivity index (χ4n) is 1.02. The van der Waals surface area contributed by atoms with Crippen LogP contribution in [0.25, 0.3) is 0 Å². The summed E-state index contributed by atoms with van der Waals surface area (Å²) in [7, 11) is 1.55. The number of hydrogen-bond acceptors (Lipinski definition) is 3. The zero-order valence-corrected chi connectivity index (χ0v) is 7.48. The molecular formula is C8H10N2O3. The standard InChI is InChI=1S/C8H10N2O3/c1-6-5-7(12)10(3-4-11)8(13)9(6)2/h4-5H,3H2,1-2H3. The van der Waals surface area contributed by atoms with Crippen LogP contribution in [0.1, 0.15) is 5.69 Å². The van der Waals surface area contributed by atoms with Crippen molar-refractivity contribution >= 4 is 6.29 Å². The van der Waals surface area contributed by atoms with Crippen molar-refractivity contribution in [2.75, 3.05) is 0 Å². The van der Waals surface area contributed by atoms with Gasteiger partial charge in [0, 0.05) is 18.8 Å². The Kier molecular flexibility index (Phi) is 2.46. The predicted molar refractivity (Wildman–Crippen MR) is 46.7 cm³/mol. The quantitative estimate of drug-likeness (QED) is 0.554. The van der Waals surface area contributed by atoms with E-state index in [4.69, 9.17) is 0 Å². The molecule has 0 unspecified atom stereocenters. The molecule has 0 bridgehead atoms. The van der Waals surface area contributed by atoms with Gasteiger partial charge in [0.1, 0.15) is 6.29 Å². The molecule has 0 amide bonds. The minimum Gasteiger partial charge on any atom is -0.301 e. The molecule has 5 heteroatoms. The number of carbonyl (C=O) groups is 1. The van der Waals surface area contributed by atoms with Crippen molar-refractivity contribution < 1.29 is 4.79 Å². The maximum atomic E-state index is 11.4. The number of aldehydes is 1. The number of carbonyl (C=O) groups excluding carboxylic acids is 1. The second-order valence-corrected chi connectivity index (χ2v) is 2.74. The van der Waals surface area contributed by atoms with Gasteiger partial charge in [-0.25, -0.2) is 4.79 Å². The van der Waals surface area contributed by atoms with Crippen molar-refractivity contribution in [3.05, 3.63) is 32.6 Å². The Morgan fingerprint density at radius 2 is 2.08 bits per heavy atom. The van der Waals surface area contributed by atoms with Crippen molar-refractivity contribution in [3.8, 4) is 0 Å². The van der Waals surface area contributed by atoms with Crippen LogP contribution >= 0.6 is 0 Å². The zero-order chi connectivity index (χ0) is 10.0. The molecule has 0 saturated heterocycles. The molecule has 0 aromatic carbocycles. The fraction of sp³-hybridized carbons (Fsp3) is 0.375. The van der Waals surface area contributed by atoms with Crippen LogP contribution in [-0.2, 0) is 18.4 Å². The van der Waals surface area contributed by atoms with E-state index in [1.54, 1.807) is 14.0 Å². The summed E-state index contributed by atoms with van der Waals surface area (Å²) >= 11 is 0. The van der Waals surface area contributed by atoms with Gasteiger partial charge in [0.05, 0.1) is 6.54 Å². The Morgan fingerprint density at radius 3 is 2.62 bits per heavy atom. The lowest BCUT2D eigenvalue weighted by atomic mass is 10.4. The van der Waals surface area contributed by atoms with Crippen LogP contribution in [0.3, 0.4) is 0 Å². The molecule has 0 aliphatic heterocycles. The van der Waals surface area contributed by atoms with E-state index in [9.17, 15) is 14.4 Å². The van der Waals surface area contributed by atoms with E-state index >= 15 is 0 Å². The smallest absolute Gasteiger partial charge is 0.301 e. The van der Waals surface area contributed by atoms with E-state index < -0.39 is 11.2 Å². The highest BCUT2D eigenvalue weighted by atomic mass is 16.2. The minimum atomic E-state index is -0.461. The lowest BCUT2D eigenvalue weighted by molar-refractivity contribution is -0.108. The van der Waals surface area contributed by atoms with Gasteiger partial charge in [-0.15, -0.1) is 0 Å².